The second-order valence-electron chi connectivity index (χ2n) is 6.72. The Morgan fingerprint density at radius 2 is 1.76 bits per heavy atom. The Hall–Kier alpha value is -1.27. The van der Waals surface area contributed by atoms with Gasteiger partial charge < -0.3 is 5.32 Å². The molecule has 0 saturated heterocycles. The highest BCUT2D eigenvalue weighted by Gasteiger charge is 2.31. The predicted molar refractivity (Wildman–Crippen MR) is 123 cm³/mol. The van der Waals surface area contributed by atoms with Crippen molar-refractivity contribution >= 4 is 69.3 Å². The molecule has 2 heterocycles. The number of benzene rings is 2. The van der Waals surface area contributed by atoms with Gasteiger partial charge in [0.2, 0.25) is 5.91 Å². The van der Waals surface area contributed by atoms with Gasteiger partial charge in [-0.05, 0) is 35.1 Å². The fraction of sp³-hybridized carbons (Fsp3) is 0.190. The number of amides is 1. The lowest BCUT2D eigenvalue weighted by molar-refractivity contribution is -0.117. The van der Waals surface area contributed by atoms with Gasteiger partial charge >= 0.3 is 0 Å². The minimum atomic E-state index is -0.230. The van der Waals surface area contributed by atoms with Crippen LogP contribution in [-0.4, -0.2) is 23.9 Å². The Morgan fingerprint density at radius 3 is 2.45 bits per heavy atom. The van der Waals surface area contributed by atoms with Crippen LogP contribution in [0.3, 0.4) is 0 Å². The molecule has 1 aromatic heterocycles. The lowest BCUT2D eigenvalue weighted by Gasteiger charge is -2.35. The molecule has 3 nitrogen and oxygen atoms in total. The number of nitrogens with one attached hydrogen (secondary N) is 1. The van der Waals surface area contributed by atoms with Crippen LogP contribution in [0, 0.1) is 0 Å². The minimum absolute atomic E-state index is 0.0193. The number of thiophene rings is 1. The third kappa shape index (κ3) is 4.29. The molecule has 1 amide bonds. The molecule has 150 valence electrons. The van der Waals surface area contributed by atoms with Gasteiger partial charge in [0.1, 0.15) is 0 Å². The maximum Gasteiger partial charge on any atom is 0.238 e. The molecule has 1 unspecified atom stereocenters. The first-order valence-corrected chi connectivity index (χ1v) is 11.3. The van der Waals surface area contributed by atoms with Crippen LogP contribution in [0.15, 0.2) is 47.8 Å². The van der Waals surface area contributed by atoms with Crippen LogP contribution in [0.4, 0.5) is 5.69 Å². The average molecular weight is 486 g/mol. The molecule has 0 bridgehead atoms. The molecule has 1 aliphatic heterocycles. The van der Waals surface area contributed by atoms with Crippen molar-refractivity contribution in [2.75, 3.05) is 18.4 Å². The van der Waals surface area contributed by atoms with Gasteiger partial charge in [0, 0.05) is 11.4 Å². The molecule has 0 radical (unpaired) electrons. The number of carbonyl (C=O) groups is 1. The van der Waals surface area contributed by atoms with Crippen molar-refractivity contribution in [2.45, 2.75) is 12.5 Å². The second-order valence-corrected chi connectivity index (χ2v) is 9.30. The lowest BCUT2D eigenvalue weighted by atomic mass is 9.93. The van der Waals surface area contributed by atoms with Crippen LogP contribution in [-0.2, 0) is 11.2 Å². The maximum atomic E-state index is 12.9. The fourth-order valence-electron chi connectivity index (χ4n) is 3.61. The van der Waals surface area contributed by atoms with E-state index in [9.17, 15) is 4.79 Å². The number of anilines is 1. The summed E-state index contributed by atoms with van der Waals surface area (Å²) in [4.78, 5) is 16.4. The first kappa shape index (κ1) is 21.0. The van der Waals surface area contributed by atoms with Gasteiger partial charge in [-0.1, -0.05) is 76.7 Å². The Labute approximate surface area is 193 Å². The first-order valence-electron chi connectivity index (χ1n) is 8.94. The van der Waals surface area contributed by atoms with Crippen molar-refractivity contribution in [1.29, 1.82) is 0 Å². The van der Waals surface area contributed by atoms with Gasteiger partial charge in [0.05, 0.1) is 38.4 Å². The second kappa shape index (κ2) is 8.84. The maximum absolute atomic E-state index is 12.9. The smallest absolute Gasteiger partial charge is 0.238 e. The summed E-state index contributed by atoms with van der Waals surface area (Å²) in [6.07, 6.45) is 0.911. The molecular formula is C21H16Cl4N2OS. The molecule has 4 rings (SSSR count). The van der Waals surface area contributed by atoms with Crippen LogP contribution in [0.2, 0.25) is 20.1 Å². The number of hydrogen-bond donors (Lipinski definition) is 1. The SMILES string of the molecule is O=C(CN1CCc2sccc2C1c1ccccc1)Nc1c(Cl)c(Cl)cc(Cl)c1Cl. The summed E-state index contributed by atoms with van der Waals surface area (Å²) >= 11 is 26.4. The summed E-state index contributed by atoms with van der Waals surface area (Å²) in [7, 11) is 0. The normalized spacial score (nSPS) is 16.5. The number of hydrogen-bond acceptors (Lipinski definition) is 3. The molecule has 3 aromatic rings. The van der Waals surface area contributed by atoms with Gasteiger partial charge in [0.15, 0.2) is 0 Å². The standard InChI is InChI=1S/C21H16Cl4N2OS/c22-14-10-15(23)19(25)20(18(14)24)26-17(28)11-27-8-6-16-13(7-9-29-16)21(27)12-4-2-1-3-5-12/h1-5,7,9-10,21H,6,8,11H2,(H,26,28). The van der Waals surface area contributed by atoms with Crippen molar-refractivity contribution < 1.29 is 4.79 Å². The van der Waals surface area contributed by atoms with Crippen molar-refractivity contribution in [3.8, 4) is 0 Å². The van der Waals surface area contributed by atoms with E-state index < -0.39 is 0 Å². The van der Waals surface area contributed by atoms with Crippen molar-refractivity contribution in [1.82, 2.24) is 4.90 Å². The van der Waals surface area contributed by atoms with Gasteiger partial charge in [-0.25, -0.2) is 0 Å². The average Bonchev–Trinajstić information content (AvgIpc) is 3.19. The van der Waals surface area contributed by atoms with E-state index in [4.69, 9.17) is 46.4 Å². The number of nitrogens with zero attached hydrogens (tertiary/aromatic N) is 1. The Bertz CT molecular complexity index is 1030. The van der Waals surface area contributed by atoms with Crippen LogP contribution in [0.5, 0.6) is 0 Å². The quantitative estimate of drug-likeness (QED) is 0.405. The zero-order chi connectivity index (χ0) is 20.5. The number of fused-ring (bicyclic) bond motifs is 1. The third-order valence-electron chi connectivity index (χ3n) is 4.90. The van der Waals surface area contributed by atoms with E-state index in [1.165, 1.54) is 16.5 Å². The van der Waals surface area contributed by atoms with E-state index in [-0.39, 0.29) is 44.3 Å². The molecule has 0 fully saturated rings. The molecule has 1 aliphatic rings. The predicted octanol–water partition coefficient (Wildman–Crippen LogP) is 6.95. The molecule has 1 atom stereocenters. The molecule has 0 saturated carbocycles. The van der Waals surface area contributed by atoms with E-state index in [0.29, 0.717) is 0 Å². The Balaban J connectivity index is 1.60. The van der Waals surface area contributed by atoms with Crippen molar-refractivity contribution in [3.63, 3.8) is 0 Å². The van der Waals surface area contributed by atoms with E-state index in [0.717, 1.165) is 18.5 Å². The van der Waals surface area contributed by atoms with Crippen molar-refractivity contribution in [3.05, 3.63) is 83.9 Å². The van der Waals surface area contributed by atoms with E-state index in [1.54, 1.807) is 11.3 Å². The van der Waals surface area contributed by atoms with Gasteiger partial charge in [-0.3, -0.25) is 9.69 Å². The molecule has 0 spiro atoms. The highest BCUT2D eigenvalue weighted by molar-refractivity contribution is 7.10. The summed E-state index contributed by atoms with van der Waals surface area (Å²) in [6.45, 7) is 0.962. The van der Waals surface area contributed by atoms with Crippen LogP contribution in [0.25, 0.3) is 0 Å². The van der Waals surface area contributed by atoms with Gasteiger partial charge in [-0.15, -0.1) is 11.3 Å². The number of rotatable bonds is 4. The molecule has 2 aromatic carbocycles. The highest BCUT2D eigenvalue weighted by atomic mass is 35.5. The monoisotopic (exact) mass is 484 g/mol. The number of halogens is 4. The first-order chi connectivity index (χ1) is 14.0. The van der Waals surface area contributed by atoms with Gasteiger partial charge in [-0.2, -0.15) is 0 Å². The topological polar surface area (TPSA) is 32.3 Å². The number of carbonyl (C=O) groups excluding carboxylic acids is 1. The Kier molecular flexibility index (Phi) is 6.40. The molecular weight excluding hydrogens is 470 g/mol. The zero-order valence-electron chi connectivity index (χ0n) is 15.1. The summed E-state index contributed by atoms with van der Waals surface area (Å²) in [5, 5.41) is 5.71. The van der Waals surface area contributed by atoms with Crippen LogP contribution >= 0.6 is 57.7 Å². The summed E-state index contributed by atoms with van der Waals surface area (Å²) in [5.41, 5.74) is 2.64. The summed E-state index contributed by atoms with van der Waals surface area (Å²) < 4.78 is 0. The fourth-order valence-corrected chi connectivity index (χ4v) is 5.42. The summed E-state index contributed by atoms with van der Waals surface area (Å²) in [5.74, 6) is -0.230. The van der Waals surface area contributed by atoms with Crippen molar-refractivity contribution in [2.24, 2.45) is 0 Å². The molecule has 0 aliphatic carbocycles. The minimum Gasteiger partial charge on any atom is -0.322 e. The largest absolute Gasteiger partial charge is 0.322 e. The summed E-state index contributed by atoms with van der Waals surface area (Å²) in [6, 6.07) is 13.8. The van der Waals surface area contributed by atoms with Crippen LogP contribution in [0.1, 0.15) is 22.0 Å². The lowest BCUT2D eigenvalue weighted by Crippen LogP contribution is -2.40. The van der Waals surface area contributed by atoms with Crippen LogP contribution < -0.4 is 5.32 Å². The highest BCUT2D eigenvalue weighted by Crippen LogP contribution is 2.41. The van der Waals surface area contributed by atoms with E-state index in [1.807, 2.05) is 18.2 Å². The molecule has 29 heavy (non-hydrogen) atoms. The molecule has 1 N–H and O–H groups in total. The third-order valence-corrected chi connectivity index (χ3v) is 7.48. The van der Waals surface area contributed by atoms with E-state index in [2.05, 4.69) is 33.8 Å². The zero-order valence-corrected chi connectivity index (χ0v) is 18.9. The van der Waals surface area contributed by atoms with E-state index >= 15 is 0 Å². The Morgan fingerprint density at radius 1 is 1.07 bits per heavy atom. The molecule has 8 heteroatoms. The van der Waals surface area contributed by atoms with Gasteiger partial charge in [0.25, 0.3) is 0 Å².